The number of hydrogen-bond acceptors (Lipinski definition) is 6. The van der Waals surface area contributed by atoms with E-state index >= 15 is 0 Å². The summed E-state index contributed by atoms with van der Waals surface area (Å²) < 4.78 is 31.7. The van der Waals surface area contributed by atoms with Gasteiger partial charge in [-0.15, -0.1) is 0 Å². The van der Waals surface area contributed by atoms with Crippen molar-refractivity contribution in [1.29, 1.82) is 0 Å². The molecule has 9 nitrogen and oxygen atoms in total. The quantitative estimate of drug-likeness (QED) is 0.559. The van der Waals surface area contributed by atoms with E-state index in [4.69, 9.17) is 8.85 Å². The third-order valence-corrected chi connectivity index (χ3v) is 3.56. The molecule has 0 spiro atoms. The monoisotopic (exact) mass is 296 g/mol. The summed E-state index contributed by atoms with van der Waals surface area (Å²) in [7, 11) is 0. The molecule has 4 heterocycles. The Hall–Kier alpha value is -2.23. The van der Waals surface area contributed by atoms with E-state index in [2.05, 4.69) is 15.0 Å². The predicted molar refractivity (Wildman–Crippen MR) is 70.7 cm³/mol. The van der Waals surface area contributed by atoms with Gasteiger partial charge in [-0.1, -0.05) is 0 Å². The second-order valence-electron chi connectivity index (χ2n) is 4.81. The Bertz CT molecular complexity index is 1010. The fraction of sp³-hybridized carbons (Fsp3) is 0.417. The van der Waals surface area contributed by atoms with E-state index in [9.17, 15) is 15.0 Å². The number of ether oxygens (including phenoxy) is 1. The van der Waals surface area contributed by atoms with E-state index in [1.807, 2.05) is 0 Å². The summed E-state index contributed by atoms with van der Waals surface area (Å²) in [5.74, 6) is -0.0131. The lowest BCUT2D eigenvalue weighted by Gasteiger charge is -2.14. The van der Waals surface area contributed by atoms with Gasteiger partial charge in [-0.3, -0.25) is 13.8 Å². The van der Waals surface area contributed by atoms with Gasteiger partial charge in [0.1, 0.15) is 13.7 Å². The van der Waals surface area contributed by atoms with E-state index in [-0.39, 0.29) is 48.6 Å². The number of aliphatic hydroxyl groups excluding tert-OH is 2. The number of H-pyrrole nitrogens is 1. The maximum Gasteiger partial charge on any atom is 0.302 e. The molecule has 0 aromatic carbocycles. The number of rotatable bonds is 2. The Morgan fingerprint density at radius 2 is 2.48 bits per heavy atom. The van der Waals surface area contributed by atoms with Crippen LogP contribution in [0.2, 0.25) is 0 Å². The molecule has 0 unspecified atom stereocenters. The van der Waals surface area contributed by atoms with E-state index < -0.39 is 24.0 Å². The predicted octanol–water partition coefficient (Wildman–Crippen LogP) is -0.987. The van der Waals surface area contributed by atoms with E-state index in [1.54, 1.807) is 0 Å². The minimum atomic E-state index is -0.931. The van der Waals surface area contributed by atoms with Crippen LogP contribution in [0.5, 0.6) is 0 Å². The van der Waals surface area contributed by atoms with Crippen LogP contribution in [-0.2, 0) is 4.74 Å². The van der Waals surface area contributed by atoms with Crippen LogP contribution in [0.3, 0.4) is 0 Å². The first-order valence-electron chi connectivity index (χ1n) is 7.83. The second-order valence-corrected chi connectivity index (χ2v) is 4.81. The topological polar surface area (TPSA) is 118 Å². The van der Waals surface area contributed by atoms with Crippen molar-refractivity contribution in [1.82, 2.24) is 23.9 Å². The largest absolute Gasteiger partial charge is 0.394 e. The molecule has 1 aliphatic rings. The first-order chi connectivity index (χ1) is 11.4. The van der Waals surface area contributed by atoms with Gasteiger partial charge in [-0.05, 0) is 0 Å². The van der Waals surface area contributed by atoms with Crippen LogP contribution in [0.4, 0.5) is 0 Å². The van der Waals surface area contributed by atoms with Crippen molar-refractivity contribution in [2.24, 2.45) is 0 Å². The minimum absolute atomic E-state index is 0.0131. The van der Waals surface area contributed by atoms with E-state index in [1.165, 1.54) is 8.97 Å². The van der Waals surface area contributed by atoms with Gasteiger partial charge < -0.3 is 19.9 Å². The molecule has 9 heteroatoms. The van der Waals surface area contributed by atoms with Gasteiger partial charge in [0.2, 0.25) is 5.78 Å². The first-order valence-corrected chi connectivity index (χ1v) is 6.33. The van der Waals surface area contributed by atoms with E-state index in [0.717, 1.165) is 0 Å². The Balaban J connectivity index is 2.04. The molecule has 4 rings (SSSR count). The first kappa shape index (κ1) is 9.66. The third-order valence-electron chi connectivity index (χ3n) is 3.56. The lowest BCUT2D eigenvalue weighted by atomic mass is 10.2. The SMILES string of the molecule is [2H]c1nc2c(=O)nc3[nH][13c]([2H])[13c]([2H])n3c2n1[C@H]1C[C@@H](O)[C@@H](CO)O1. The highest BCUT2D eigenvalue weighted by Crippen LogP contribution is 2.30. The summed E-state index contributed by atoms with van der Waals surface area (Å²) in [6, 6.07) is 0. The van der Waals surface area contributed by atoms with Crippen molar-refractivity contribution in [2.45, 2.75) is 24.9 Å². The lowest BCUT2D eigenvalue weighted by Crippen LogP contribution is -2.24. The van der Waals surface area contributed by atoms with E-state index in [0.29, 0.717) is 0 Å². The van der Waals surface area contributed by atoms with Gasteiger partial charge in [-0.25, -0.2) is 4.98 Å². The number of hydrogen-bond donors (Lipinski definition) is 3. The number of aromatic nitrogens is 5. The summed E-state index contributed by atoms with van der Waals surface area (Å²) in [5.41, 5.74) is -0.739. The molecular weight excluding hydrogens is 280 g/mol. The number of aliphatic hydroxyl groups is 2. The zero-order valence-corrected chi connectivity index (χ0v) is 10.6. The van der Waals surface area contributed by atoms with Gasteiger partial charge in [0.05, 0.1) is 21.8 Å². The Morgan fingerprint density at radius 3 is 3.24 bits per heavy atom. The number of fused-ring (bicyclic) bond motifs is 3. The van der Waals surface area contributed by atoms with Crippen molar-refractivity contribution in [3.05, 3.63) is 29.0 Å². The van der Waals surface area contributed by atoms with Crippen molar-refractivity contribution in [3.63, 3.8) is 0 Å². The van der Waals surface area contributed by atoms with Crippen LogP contribution < -0.4 is 5.56 Å². The molecule has 0 saturated carbocycles. The molecule has 3 aromatic heterocycles. The Labute approximate surface area is 121 Å². The van der Waals surface area contributed by atoms with Crippen LogP contribution >= 0.6 is 0 Å². The van der Waals surface area contributed by atoms with Gasteiger partial charge >= 0.3 is 5.56 Å². The molecule has 1 saturated heterocycles. The smallest absolute Gasteiger partial charge is 0.302 e. The Kier molecular flexibility index (Phi) is 2.02. The molecule has 110 valence electrons. The fourth-order valence-electron chi connectivity index (χ4n) is 2.54. The number of nitrogens with zero attached hydrogens (tertiary/aromatic N) is 4. The zero-order chi connectivity index (χ0) is 17.2. The van der Waals surface area contributed by atoms with Gasteiger partial charge in [-0.2, -0.15) is 4.98 Å². The number of aromatic amines is 1. The van der Waals surface area contributed by atoms with Crippen molar-refractivity contribution >= 4 is 16.9 Å². The Morgan fingerprint density at radius 1 is 1.62 bits per heavy atom. The molecule has 3 aromatic rings. The fourth-order valence-corrected chi connectivity index (χ4v) is 2.54. The van der Waals surface area contributed by atoms with Crippen LogP contribution in [0.1, 0.15) is 16.8 Å². The summed E-state index contributed by atoms with van der Waals surface area (Å²) in [6.07, 6.45) is -3.28. The van der Waals surface area contributed by atoms with Gasteiger partial charge in [0.15, 0.2) is 11.2 Å². The van der Waals surface area contributed by atoms with Crippen LogP contribution in [0.25, 0.3) is 16.9 Å². The summed E-state index contributed by atoms with van der Waals surface area (Å²) in [4.78, 5) is 22.3. The van der Waals surface area contributed by atoms with Crippen LogP contribution in [0.15, 0.2) is 23.4 Å². The summed E-state index contributed by atoms with van der Waals surface area (Å²) >= 11 is 0. The molecule has 0 bridgehead atoms. The summed E-state index contributed by atoms with van der Waals surface area (Å²) in [6.45, 7) is -0.390. The van der Waals surface area contributed by atoms with Gasteiger partial charge in [0, 0.05) is 18.8 Å². The molecule has 21 heavy (non-hydrogen) atoms. The summed E-state index contributed by atoms with van der Waals surface area (Å²) in [5, 5.41) is 19.1. The standard InChI is InChI=1S/C12H13N5O4/c18-4-7-6(19)3-8(21-7)17-5-14-9-10(20)15-12-13-1-2-16(12)11(9)17/h1-2,5-8,18-19H,3-4H2,(H,13,15,20)/t6-,7-,8-/m1/s1/i1+1D,2+1D,5D. The minimum Gasteiger partial charge on any atom is -0.394 e. The van der Waals surface area contributed by atoms with Crippen LogP contribution in [0, 0.1) is 0 Å². The maximum atomic E-state index is 12.1. The normalized spacial score (nSPS) is 28.1. The zero-order valence-electron chi connectivity index (χ0n) is 13.6. The van der Waals surface area contributed by atoms with Crippen molar-refractivity contribution < 1.29 is 19.1 Å². The molecular formula is C12H13N5O4. The molecule has 0 amide bonds. The highest BCUT2D eigenvalue weighted by atomic mass is 16.5. The highest BCUT2D eigenvalue weighted by molar-refractivity contribution is 5.72. The molecule has 3 atom stereocenters. The highest BCUT2D eigenvalue weighted by Gasteiger charge is 2.35. The second kappa shape index (κ2) is 4.38. The van der Waals surface area contributed by atoms with Crippen LogP contribution in [-0.4, -0.2) is 52.9 Å². The average Bonchev–Trinajstić information content (AvgIpc) is 3.14. The molecule has 0 aliphatic carbocycles. The average molecular weight is 296 g/mol. The molecule has 3 N–H and O–H groups in total. The molecule has 1 aliphatic heterocycles. The number of imidazole rings is 2. The maximum absolute atomic E-state index is 12.1. The third kappa shape index (κ3) is 1.71. The van der Waals surface area contributed by atoms with Gasteiger partial charge in [0.25, 0.3) is 0 Å². The van der Waals surface area contributed by atoms with Crippen molar-refractivity contribution in [3.8, 4) is 0 Å². The molecule has 0 radical (unpaired) electrons. The lowest BCUT2D eigenvalue weighted by molar-refractivity contribution is -0.0432. The number of nitrogens with one attached hydrogen (secondary N) is 1. The molecule has 1 fully saturated rings. The van der Waals surface area contributed by atoms with Crippen molar-refractivity contribution in [2.75, 3.05) is 6.61 Å².